The van der Waals surface area contributed by atoms with Crippen molar-refractivity contribution in [2.45, 2.75) is 59.4 Å². The molecule has 1 unspecified atom stereocenters. The van der Waals surface area contributed by atoms with E-state index in [1.165, 1.54) is 11.0 Å². The van der Waals surface area contributed by atoms with E-state index < -0.39 is 5.97 Å². The third-order valence-corrected chi connectivity index (χ3v) is 8.83. The van der Waals surface area contributed by atoms with Gasteiger partial charge >= 0.3 is 5.97 Å². The molecule has 232 valence electrons. The molecule has 0 saturated carbocycles. The lowest BCUT2D eigenvalue weighted by Crippen LogP contribution is -2.42. The molecule has 0 radical (unpaired) electrons. The average Bonchev–Trinajstić information content (AvgIpc) is 3.45. The molecule has 12 heteroatoms. The number of hydrogen-bond acceptors (Lipinski definition) is 7. The van der Waals surface area contributed by atoms with Crippen LogP contribution in [-0.4, -0.2) is 55.9 Å². The van der Waals surface area contributed by atoms with Crippen molar-refractivity contribution in [1.82, 2.24) is 0 Å². The van der Waals surface area contributed by atoms with E-state index in [1.54, 1.807) is 48.5 Å². The van der Waals surface area contributed by atoms with Gasteiger partial charge in [0.15, 0.2) is 0 Å². The fourth-order valence-corrected chi connectivity index (χ4v) is 6.36. The predicted molar refractivity (Wildman–Crippen MR) is 173 cm³/mol. The molecule has 0 N–H and O–H groups in total. The van der Waals surface area contributed by atoms with Gasteiger partial charge in [0.2, 0.25) is 5.91 Å². The van der Waals surface area contributed by atoms with Crippen LogP contribution in [-0.2, 0) is 28.7 Å². The minimum atomic E-state index is -0.666. The third-order valence-electron chi connectivity index (χ3n) is 6.97. The van der Waals surface area contributed by atoms with Crippen LogP contribution >= 0.6 is 46.1 Å². The molecular formula is C31H35Cl3N2O6S. The summed E-state index contributed by atoms with van der Waals surface area (Å²) in [5.41, 5.74) is 4.13. The quantitative estimate of drug-likeness (QED) is 0.121. The Kier molecular flexibility index (Phi) is 12.8. The van der Waals surface area contributed by atoms with Gasteiger partial charge in [0.25, 0.3) is 11.8 Å². The van der Waals surface area contributed by atoms with Crippen LogP contribution in [0.3, 0.4) is 0 Å². The number of aryl methyl sites for hydroxylation is 2. The number of alkyl halides is 1. The van der Waals surface area contributed by atoms with Crippen LogP contribution in [0.1, 0.15) is 55.5 Å². The molecule has 4 rings (SSSR count). The number of nitrogens with zero attached hydrogens (tertiary/aromatic N) is 2. The summed E-state index contributed by atoms with van der Waals surface area (Å²) in [7, 11) is 1.63. The van der Waals surface area contributed by atoms with E-state index in [0.29, 0.717) is 46.9 Å². The number of amides is 3. The molecule has 1 atom stereocenters. The van der Waals surface area contributed by atoms with Crippen molar-refractivity contribution in [3.05, 3.63) is 60.8 Å². The molecular weight excluding hydrogens is 635 g/mol. The summed E-state index contributed by atoms with van der Waals surface area (Å²) in [5, 5.41) is 2.26. The Hall–Kier alpha value is -2.69. The Morgan fingerprint density at radius 1 is 1.14 bits per heavy atom. The van der Waals surface area contributed by atoms with E-state index in [0.717, 1.165) is 29.0 Å². The second-order valence-electron chi connectivity index (χ2n) is 10.1. The molecule has 0 saturated heterocycles. The van der Waals surface area contributed by atoms with Crippen molar-refractivity contribution < 1.29 is 28.7 Å². The average molecular weight is 670 g/mol. The van der Waals surface area contributed by atoms with E-state index in [-0.39, 0.29) is 41.3 Å². The van der Waals surface area contributed by atoms with Gasteiger partial charge in [-0.2, -0.15) is 0 Å². The molecule has 0 spiro atoms. The summed E-state index contributed by atoms with van der Waals surface area (Å²) in [6, 6.07) is 4.72. The van der Waals surface area contributed by atoms with Crippen LogP contribution in [0.15, 0.2) is 39.8 Å². The van der Waals surface area contributed by atoms with Crippen molar-refractivity contribution in [3.63, 3.8) is 0 Å². The minimum Gasteiger partial charge on any atom is -0.462 e. The van der Waals surface area contributed by atoms with Crippen LogP contribution in [0, 0.1) is 13.8 Å². The summed E-state index contributed by atoms with van der Waals surface area (Å²) in [6.45, 7) is 8.36. The maximum Gasteiger partial charge on any atom is 0.349 e. The number of rotatable bonds is 9. The van der Waals surface area contributed by atoms with E-state index in [2.05, 4.69) is 5.38 Å². The van der Waals surface area contributed by atoms with Gasteiger partial charge in [0, 0.05) is 28.2 Å². The maximum atomic E-state index is 12.7. The lowest BCUT2D eigenvalue weighted by atomic mass is 9.93. The van der Waals surface area contributed by atoms with E-state index >= 15 is 0 Å². The van der Waals surface area contributed by atoms with Gasteiger partial charge in [-0.3, -0.25) is 14.4 Å². The highest BCUT2D eigenvalue weighted by Crippen LogP contribution is 2.37. The van der Waals surface area contributed by atoms with Crippen LogP contribution in [0.5, 0.6) is 0 Å². The normalized spacial score (nSPS) is 15.6. The largest absolute Gasteiger partial charge is 0.462 e. The van der Waals surface area contributed by atoms with Crippen LogP contribution in [0.2, 0.25) is 5.02 Å². The Balaban J connectivity index is 0.000000259. The predicted octanol–water partition coefficient (Wildman–Crippen LogP) is 7.20. The monoisotopic (exact) mass is 668 g/mol. The molecule has 1 aromatic carbocycles. The zero-order chi connectivity index (χ0) is 31.8. The molecule has 0 bridgehead atoms. The summed E-state index contributed by atoms with van der Waals surface area (Å²) >= 11 is 19.5. The number of carbonyl (C=O) groups is 4. The van der Waals surface area contributed by atoms with E-state index in [9.17, 15) is 19.2 Å². The standard InChI is InChI=1S/C19H17Cl2NO4.C12H18ClNO2S/c1-2-26-19(25)16(21)10-11-9-12(7-8-15(11)20)22-17(23)13-5-3-4-6-14(13)18(22)24;1-8-7-17-10(3)12(8)14(11(15)5-13)9(2)6-16-4/h7-10H,2-6H2,1H3;7,9H,5-6H2,1-4H3/b16-10-;. The molecule has 1 aromatic heterocycles. The zero-order valence-electron chi connectivity index (χ0n) is 24.8. The van der Waals surface area contributed by atoms with Gasteiger partial charge in [0.05, 0.1) is 30.6 Å². The Labute approximate surface area is 271 Å². The molecule has 1 aliphatic carbocycles. The summed E-state index contributed by atoms with van der Waals surface area (Å²) in [6.07, 6.45) is 4.45. The number of halogens is 3. The molecule has 3 amide bonds. The fraction of sp³-hybridized carbons (Fsp3) is 0.419. The van der Waals surface area contributed by atoms with Gasteiger partial charge in [-0.1, -0.05) is 23.2 Å². The lowest BCUT2D eigenvalue weighted by Gasteiger charge is -2.29. The van der Waals surface area contributed by atoms with Crippen molar-refractivity contribution in [2.75, 3.05) is 36.0 Å². The van der Waals surface area contributed by atoms with Crippen LogP contribution in [0.25, 0.3) is 6.08 Å². The first-order valence-electron chi connectivity index (χ1n) is 13.8. The third kappa shape index (κ3) is 8.08. The van der Waals surface area contributed by atoms with E-state index in [4.69, 9.17) is 44.3 Å². The van der Waals surface area contributed by atoms with Crippen molar-refractivity contribution in [3.8, 4) is 0 Å². The van der Waals surface area contributed by atoms with Gasteiger partial charge in [-0.25, -0.2) is 9.69 Å². The summed E-state index contributed by atoms with van der Waals surface area (Å²) in [5.74, 6) is -1.32. The molecule has 1 aliphatic heterocycles. The number of imide groups is 1. The van der Waals surface area contributed by atoms with Crippen LogP contribution < -0.4 is 9.80 Å². The van der Waals surface area contributed by atoms with Crippen molar-refractivity contribution >= 4 is 87.3 Å². The van der Waals surface area contributed by atoms with Gasteiger partial charge < -0.3 is 14.4 Å². The maximum absolute atomic E-state index is 12.7. The van der Waals surface area contributed by atoms with E-state index in [1.807, 2.05) is 20.8 Å². The topological polar surface area (TPSA) is 93.2 Å². The Morgan fingerprint density at radius 3 is 2.28 bits per heavy atom. The molecule has 2 aliphatic rings. The fourth-order valence-electron chi connectivity index (χ4n) is 5.05. The summed E-state index contributed by atoms with van der Waals surface area (Å²) in [4.78, 5) is 53.0. The number of esters is 1. The number of hydrogen-bond donors (Lipinski definition) is 0. The number of carbonyl (C=O) groups excluding carboxylic acids is 4. The number of ether oxygens (including phenoxy) is 2. The van der Waals surface area contributed by atoms with Crippen molar-refractivity contribution in [2.24, 2.45) is 0 Å². The van der Waals surface area contributed by atoms with Gasteiger partial charge in [-0.15, -0.1) is 22.9 Å². The summed E-state index contributed by atoms with van der Waals surface area (Å²) < 4.78 is 9.96. The molecule has 8 nitrogen and oxygen atoms in total. The molecule has 0 fully saturated rings. The number of anilines is 2. The highest BCUT2D eigenvalue weighted by Gasteiger charge is 2.39. The highest BCUT2D eigenvalue weighted by molar-refractivity contribution is 7.10. The molecule has 2 aromatic rings. The molecule has 2 heterocycles. The number of methoxy groups -OCH3 is 1. The first-order valence-corrected chi connectivity index (χ1v) is 16.0. The lowest BCUT2D eigenvalue weighted by molar-refractivity contribution is -0.137. The smallest absolute Gasteiger partial charge is 0.349 e. The second-order valence-corrected chi connectivity index (χ2v) is 12.2. The Bertz CT molecular complexity index is 1400. The van der Waals surface area contributed by atoms with Crippen molar-refractivity contribution in [1.29, 1.82) is 0 Å². The highest BCUT2D eigenvalue weighted by atomic mass is 35.5. The Morgan fingerprint density at radius 2 is 1.77 bits per heavy atom. The first kappa shape index (κ1) is 34.8. The minimum absolute atomic E-state index is 0.0111. The number of benzene rings is 1. The van der Waals surface area contributed by atoms with Gasteiger partial charge in [0.1, 0.15) is 10.9 Å². The van der Waals surface area contributed by atoms with Crippen LogP contribution in [0.4, 0.5) is 11.4 Å². The second kappa shape index (κ2) is 15.9. The first-order chi connectivity index (χ1) is 20.5. The zero-order valence-corrected chi connectivity index (χ0v) is 27.9. The SMILES string of the molecule is CCOC(=O)/C(Cl)=C/c1cc(N2C(=O)C3=C(CCCC3)C2=O)ccc1Cl.COCC(C)N(C(=O)CCl)c1c(C)csc1C. The molecule has 43 heavy (non-hydrogen) atoms. The number of thiophene rings is 1. The van der Waals surface area contributed by atoms with Gasteiger partial charge in [-0.05, 0) is 94.2 Å².